The van der Waals surface area contributed by atoms with E-state index in [0.29, 0.717) is 6.61 Å². The van der Waals surface area contributed by atoms with Crippen LogP contribution in [0.25, 0.3) is 0 Å². The molecule has 0 aliphatic carbocycles. The van der Waals surface area contributed by atoms with Crippen LogP contribution >= 0.6 is 0 Å². The third-order valence-electron chi connectivity index (χ3n) is 2.39. The zero-order valence-electron chi connectivity index (χ0n) is 10.5. The summed E-state index contributed by atoms with van der Waals surface area (Å²) < 4.78 is 10.9. The fourth-order valence-corrected chi connectivity index (χ4v) is 1.61. The Morgan fingerprint density at radius 2 is 2.00 bits per heavy atom. The van der Waals surface area contributed by atoms with Crippen molar-refractivity contribution in [2.75, 3.05) is 13.7 Å². The van der Waals surface area contributed by atoms with E-state index in [-0.39, 0.29) is 12.1 Å². The zero-order valence-corrected chi connectivity index (χ0v) is 10.5. The predicted octanol–water partition coefficient (Wildman–Crippen LogP) is 2.43. The summed E-state index contributed by atoms with van der Waals surface area (Å²) in [4.78, 5) is 0. The molecule has 0 saturated heterocycles. The second kappa shape index (κ2) is 5.87. The largest absolute Gasteiger partial charge is 0.488 e. The Morgan fingerprint density at radius 3 is 2.56 bits per heavy atom. The minimum atomic E-state index is -0.0228. The van der Waals surface area contributed by atoms with Crippen LogP contribution in [-0.2, 0) is 4.74 Å². The molecule has 0 heterocycles. The van der Waals surface area contributed by atoms with Gasteiger partial charge in [-0.15, -0.1) is 0 Å². The Bertz CT molecular complexity index is 337. The number of hydrogen-bond donors (Lipinski definition) is 1. The van der Waals surface area contributed by atoms with Gasteiger partial charge in [-0.2, -0.15) is 0 Å². The highest BCUT2D eigenvalue weighted by atomic mass is 16.5. The van der Waals surface area contributed by atoms with Crippen LogP contribution < -0.4 is 10.5 Å². The van der Waals surface area contributed by atoms with Crippen molar-refractivity contribution in [1.82, 2.24) is 0 Å². The summed E-state index contributed by atoms with van der Waals surface area (Å²) in [6.07, 6.45) is 0.0318. The van der Waals surface area contributed by atoms with Crippen molar-refractivity contribution in [1.29, 1.82) is 0 Å². The van der Waals surface area contributed by atoms with Crippen LogP contribution in [0, 0.1) is 6.92 Å². The Hall–Kier alpha value is -1.06. The summed E-state index contributed by atoms with van der Waals surface area (Å²) in [5.74, 6) is 0.861. The van der Waals surface area contributed by atoms with Crippen molar-refractivity contribution in [2.45, 2.75) is 32.9 Å². The van der Waals surface area contributed by atoms with Gasteiger partial charge in [0.05, 0.1) is 6.61 Å². The molecule has 2 atom stereocenters. The first-order valence-electron chi connectivity index (χ1n) is 5.56. The molecule has 0 aliphatic heterocycles. The summed E-state index contributed by atoms with van der Waals surface area (Å²) in [6, 6.07) is 6.07. The summed E-state index contributed by atoms with van der Waals surface area (Å²) in [7, 11) is 1.67. The molecule has 1 aromatic carbocycles. The molecule has 1 rings (SSSR count). The molecule has 0 spiro atoms. The first-order chi connectivity index (χ1) is 7.54. The van der Waals surface area contributed by atoms with Gasteiger partial charge in [-0.25, -0.2) is 0 Å². The van der Waals surface area contributed by atoms with E-state index >= 15 is 0 Å². The number of rotatable bonds is 5. The van der Waals surface area contributed by atoms with Crippen molar-refractivity contribution < 1.29 is 9.47 Å². The molecule has 3 nitrogen and oxygen atoms in total. The lowest BCUT2D eigenvalue weighted by Gasteiger charge is -2.19. The standard InChI is InChI=1S/C13H21NO2/c1-9-5-6-12(11(3)14)13(7-9)16-10(2)8-15-4/h5-7,10-11H,8,14H2,1-4H3/t10?,11-/m1/s1. The lowest BCUT2D eigenvalue weighted by atomic mass is 10.1. The van der Waals surface area contributed by atoms with Crippen molar-refractivity contribution in [3.8, 4) is 5.75 Å². The van der Waals surface area contributed by atoms with E-state index in [1.54, 1.807) is 7.11 Å². The number of methoxy groups -OCH3 is 1. The molecule has 0 amide bonds. The molecule has 90 valence electrons. The van der Waals surface area contributed by atoms with Gasteiger partial charge in [0.2, 0.25) is 0 Å². The van der Waals surface area contributed by atoms with E-state index < -0.39 is 0 Å². The lowest BCUT2D eigenvalue weighted by molar-refractivity contribution is 0.0912. The molecule has 0 fully saturated rings. The minimum Gasteiger partial charge on any atom is -0.488 e. The third-order valence-corrected chi connectivity index (χ3v) is 2.39. The van der Waals surface area contributed by atoms with Crippen molar-refractivity contribution >= 4 is 0 Å². The number of hydrogen-bond acceptors (Lipinski definition) is 3. The highest BCUT2D eigenvalue weighted by Gasteiger charge is 2.11. The normalized spacial score (nSPS) is 14.6. The van der Waals surface area contributed by atoms with Gasteiger partial charge in [0.1, 0.15) is 11.9 Å². The van der Waals surface area contributed by atoms with Crippen LogP contribution in [-0.4, -0.2) is 19.8 Å². The number of nitrogens with two attached hydrogens (primary N) is 1. The van der Waals surface area contributed by atoms with Gasteiger partial charge < -0.3 is 15.2 Å². The quantitative estimate of drug-likeness (QED) is 0.833. The molecule has 1 aromatic rings. The second-order valence-corrected chi connectivity index (χ2v) is 4.21. The molecule has 0 radical (unpaired) electrons. The molecule has 16 heavy (non-hydrogen) atoms. The number of aryl methyl sites for hydroxylation is 1. The van der Waals surface area contributed by atoms with E-state index in [9.17, 15) is 0 Å². The molecular formula is C13H21NO2. The van der Waals surface area contributed by atoms with E-state index in [4.69, 9.17) is 15.2 Å². The van der Waals surface area contributed by atoms with Crippen molar-refractivity contribution in [3.05, 3.63) is 29.3 Å². The summed E-state index contributed by atoms with van der Waals surface area (Å²) in [6.45, 7) is 6.56. The van der Waals surface area contributed by atoms with Crippen LogP contribution in [0.1, 0.15) is 31.0 Å². The van der Waals surface area contributed by atoms with Gasteiger partial charge in [-0.3, -0.25) is 0 Å². The maximum absolute atomic E-state index is 5.90. The maximum atomic E-state index is 5.90. The maximum Gasteiger partial charge on any atom is 0.124 e. The van der Waals surface area contributed by atoms with Crippen LogP contribution in [0.15, 0.2) is 18.2 Å². The minimum absolute atomic E-state index is 0.0228. The molecule has 2 N–H and O–H groups in total. The van der Waals surface area contributed by atoms with Crippen LogP contribution in [0.5, 0.6) is 5.75 Å². The fraction of sp³-hybridized carbons (Fsp3) is 0.538. The van der Waals surface area contributed by atoms with E-state index in [2.05, 4.69) is 0 Å². The third kappa shape index (κ3) is 3.51. The van der Waals surface area contributed by atoms with Crippen LogP contribution in [0.2, 0.25) is 0 Å². The number of benzene rings is 1. The van der Waals surface area contributed by atoms with Gasteiger partial charge in [-0.05, 0) is 32.4 Å². The highest BCUT2D eigenvalue weighted by molar-refractivity contribution is 5.39. The van der Waals surface area contributed by atoms with Gasteiger partial charge in [0.25, 0.3) is 0 Å². The Kier molecular flexibility index (Phi) is 4.77. The van der Waals surface area contributed by atoms with Crippen LogP contribution in [0.4, 0.5) is 0 Å². The Balaban J connectivity index is 2.87. The first kappa shape index (κ1) is 13.0. The summed E-state index contributed by atoms with van der Waals surface area (Å²) in [5, 5.41) is 0. The van der Waals surface area contributed by atoms with E-state index in [1.165, 1.54) is 5.56 Å². The predicted molar refractivity (Wildman–Crippen MR) is 65.7 cm³/mol. The van der Waals surface area contributed by atoms with E-state index in [1.807, 2.05) is 39.0 Å². The second-order valence-electron chi connectivity index (χ2n) is 4.21. The number of ether oxygens (including phenoxy) is 2. The highest BCUT2D eigenvalue weighted by Crippen LogP contribution is 2.26. The van der Waals surface area contributed by atoms with E-state index in [0.717, 1.165) is 11.3 Å². The summed E-state index contributed by atoms with van der Waals surface area (Å²) in [5.41, 5.74) is 8.11. The summed E-state index contributed by atoms with van der Waals surface area (Å²) >= 11 is 0. The topological polar surface area (TPSA) is 44.5 Å². The van der Waals surface area contributed by atoms with Crippen LogP contribution in [0.3, 0.4) is 0 Å². The van der Waals surface area contributed by atoms with Gasteiger partial charge in [0, 0.05) is 18.7 Å². The SMILES string of the molecule is COCC(C)Oc1cc(C)ccc1[C@@H](C)N. The van der Waals surface area contributed by atoms with Gasteiger partial charge in [0.15, 0.2) is 0 Å². The average Bonchev–Trinajstić information content (AvgIpc) is 2.17. The molecule has 0 aromatic heterocycles. The molecule has 3 heteroatoms. The van der Waals surface area contributed by atoms with Crippen molar-refractivity contribution in [2.24, 2.45) is 5.73 Å². The molecule has 0 saturated carbocycles. The molecule has 0 bridgehead atoms. The lowest BCUT2D eigenvalue weighted by Crippen LogP contribution is -2.19. The molecular weight excluding hydrogens is 202 g/mol. The monoisotopic (exact) mass is 223 g/mol. The Morgan fingerprint density at radius 1 is 1.31 bits per heavy atom. The van der Waals surface area contributed by atoms with Gasteiger partial charge >= 0.3 is 0 Å². The zero-order chi connectivity index (χ0) is 12.1. The van der Waals surface area contributed by atoms with Crippen molar-refractivity contribution in [3.63, 3.8) is 0 Å². The molecule has 1 unspecified atom stereocenters. The van der Waals surface area contributed by atoms with Gasteiger partial charge in [-0.1, -0.05) is 12.1 Å². The fourth-order valence-electron chi connectivity index (χ4n) is 1.61. The molecule has 0 aliphatic rings. The Labute approximate surface area is 97.6 Å². The first-order valence-corrected chi connectivity index (χ1v) is 5.56. The smallest absolute Gasteiger partial charge is 0.124 e. The average molecular weight is 223 g/mol.